The first kappa shape index (κ1) is 15.4. The van der Waals surface area contributed by atoms with Crippen molar-refractivity contribution in [3.63, 3.8) is 0 Å². The van der Waals surface area contributed by atoms with E-state index < -0.39 is 0 Å². The Labute approximate surface area is 111 Å². The van der Waals surface area contributed by atoms with Crippen molar-refractivity contribution >= 4 is 5.91 Å². The summed E-state index contributed by atoms with van der Waals surface area (Å²) in [6.07, 6.45) is 4.45. The number of carbonyl (C=O) groups excluding carboxylic acids is 1. The summed E-state index contributed by atoms with van der Waals surface area (Å²) in [6.45, 7) is 10.1. The molecule has 1 atom stereocenters. The van der Waals surface area contributed by atoms with E-state index in [4.69, 9.17) is 11.5 Å². The molecule has 1 rings (SSSR count). The van der Waals surface area contributed by atoms with Crippen molar-refractivity contribution in [2.75, 3.05) is 26.2 Å². The molecule has 1 heterocycles. The molecule has 1 aliphatic rings. The Bertz CT molecular complexity index is 291. The van der Waals surface area contributed by atoms with Crippen LogP contribution in [0.2, 0.25) is 0 Å². The van der Waals surface area contributed by atoms with Gasteiger partial charge in [0.25, 0.3) is 0 Å². The van der Waals surface area contributed by atoms with E-state index in [9.17, 15) is 4.79 Å². The first-order valence-corrected chi connectivity index (χ1v) is 7.01. The van der Waals surface area contributed by atoms with E-state index in [0.29, 0.717) is 0 Å². The lowest BCUT2D eigenvalue weighted by Gasteiger charge is -2.23. The maximum Gasteiger partial charge on any atom is 0.224 e. The fourth-order valence-electron chi connectivity index (χ4n) is 2.49. The topological polar surface area (TPSA) is 72.3 Å². The summed E-state index contributed by atoms with van der Waals surface area (Å²) in [4.78, 5) is 13.7. The minimum Gasteiger partial charge on any atom is -0.369 e. The van der Waals surface area contributed by atoms with Crippen molar-refractivity contribution in [2.24, 2.45) is 22.3 Å². The van der Waals surface area contributed by atoms with Crippen molar-refractivity contribution in [2.45, 2.75) is 46.5 Å². The molecular weight excluding hydrogens is 226 g/mol. The number of carbonyl (C=O) groups is 1. The van der Waals surface area contributed by atoms with Crippen molar-refractivity contribution in [1.82, 2.24) is 4.90 Å². The number of primary amides is 1. The maximum absolute atomic E-state index is 11.4. The lowest BCUT2D eigenvalue weighted by atomic mass is 9.87. The molecule has 4 N–H and O–H groups in total. The number of likely N-dealkylation sites (tertiary alicyclic amines) is 1. The van der Waals surface area contributed by atoms with Gasteiger partial charge in [0.2, 0.25) is 5.91 Å². The molecule has 0 saturated carbocycles. The smallest absolute Gasteiger partial charge is 0.224 e. The molecule has 4 heteroatoms. The van der Waals surface area contributed by atoms with Gasteiger partial charge >= 0.3 is 0 Å². The summed E-state index contributed by atoms with van der Waals surface area (Å²) in [5.74, 6) is -0.158. The van der Waals surface area contributed by atoms with Crippen LogP contribution in [-0.2, 0) is 4.79 Å². The molecule has 0 aliphatic carbocycles. The van der Waals surface area contributed by atoms with Crippen LogP contribution in [0.25, 0.3) is 0 Å². The second kappa shape index (κ2) is 6.02. The third-order valence-corrected chi connectivity index (χ3v) is 4.28. The monoisotopic (exact) mass is 255 g/mol. The maximum atomic E-state index is 11.4. The first-order chi connectivity index (χ1) is 8.29. The van der Waals surface area contributed by atoms with E-state index in [1.165, 1.54) is 19.3 Å². The van der Waals surface area contributed by atoms with Crippen molar-refractivity contribution in [3.05, 3.63) is 0 Å². The number of rotatable bonds is 7. The van der Waals surface area contributed by atoms with Gasteiger partial charge < -0.3 is 16.4 Å². The van der Waals surface area contributed by atoms with Gasteiger partial charge in [-0.25, -0.2) is 0 Å². The van der Waals surface area contributed by atoms with Gasteiger partial charge in [0.15, 0.2) is 0 Å². The number of unbranched alkanes of at least 4 members (excludes halogenated alkanes) is 1. The number of nitrogens with two attached hydrogens (primary N) is 2. The van der Waals surface area contributed by atoms with E-state index in [0.717, 1.165) is 32.6 Å². The summed E-state index contributed by atoms with van der Waals surface area (Å²) in [5.41, 5.74) is 11.1. The van der Waals surface area contributed by atoms with Gasteiger partial charge in [0.1, 0.15) is 0 Å². The highest BCUT2D eigenvalue weighted by atomic mass is 16.1. The average Bonchev–Trinajstić information content (AvgIpc) is 2.68. The van der Waals surface area contributed by atoms with Gasteiger partial charge in [0.05, 0.1) is 5.41 Å². The molecule has 0 spiro atoms. The van der Waals surface area contributed by atoms with Crippen molar-refractivity contribution < 1.29 is 4.79 Å². The van der Waals surface area contributed by atoms with Crippen LogP contribution >= 0.6 is 0 Å². The highest BCUT2D eigenvalue weighted by molar-refractivity contribution is 5.81. The van der Waals surface area contributed by atoms with E-state index in [-0.39, 0.29) is 16.7 Å². The van der Waals surface area contributed by atoms with Crippen LogP contribution in [0.15, 0.2) is 0 Å². The summed E-state index contributed by atoms with van der Waals surface area (Å²) < 4.78 is 0. The van der Waals surface area contributed by atoms with Crippen LogP contribution in [0, 0.1) is 10.8 Å². The van der Waals surface area contributed by atoms with E-state index in [1.54, 1.807) is 0 Å². The molecule has 4 nitrogen and oxygen atoms in total. The average molecular weight is 255 g/mol. The zero-order chi connectivity index (χ0) is 13.8. The normalized spacial score (nSPS) is 25.6. The Morgan fingerprint density at radius 1 is 1.39 bits per heavy atom. The van der Waals surface area contributed by atoms with Crippen molar-refractivity contribution in [1.29, 1.82) is 0 Å². The molecule has 1 aliphatic heterocycles. The lowest BCUT2D eigenvalue weighted by Crippen LogP contribution is -2.37. The minimum absolute atomic E-state index is 0.158. The Morgan fingerprint density at radius 3 is 2.56 bits per heavy atom. The Morgan fingerprint density at radius 2 is 2.06 bits per heavy atom. The van der Waals surface area contributed by atoms with Crippen LogP contribution in [-0.4, -0.2) is 37.0 Å². The summed E-state index contributed by atoms with van der Waals surface area (Å²) in [6, 6.07) is 0. The van der Waals surface area contributed by atoms with Crippen LogP contribution < -0.4 is 11.5 Å². The fourth-order valence-corrected chi connectivity index (χ4v) is 2.49. The minimum atomic E-state index is -0.309. The van der Waals surface area contributed by atoms with Gasteiger partial charge in [-0.2, -0.15) is 0 Å². The highest BCUT2D eigenvalue weighted by Gasteiger charge is 2.38. The lowest BCUT2D eigenvalue weighted by molar-refractivity contribution is -0.126. The molecular formula is C14H29N3O. The second-order valence-corrected chi connectivity index (χ2v) is 6.78. The number of hydrogen-bond acceptors (Lipinski definition) is 3. The second-order valence-electron chi connectivity index (χ2n) is 6.78. The highest BCUT2D eigenvalue weighted by Crippen LogP contribution is 2.29. The zero-order valence-corrected chi connectivity index (χ0v) is 12.2. The quantitative estimate of drug-likeness (QED) is 0.674. The summed E-state index contributed by atoms with van der Waals surface area (Å²) >= 11 is 0. The van der Waals surface area contributed by atoms with Gasteiger partial charge in [-0.3, -0.25) is 4.79 Å². The Hall–Kier alpha value is -0.610. The van der Waals surface area contributed by atoms with Crippen LogP contribution in [0.4, 0.5) is 0 Å². The number of amides is 1. The largest absolute Gasteiger partial charge is 0.369 e. The third-order valence-electron chi connectivity index (χ3n) is 4.28. The molecule has 106 valence electrons. The van der Waals surface area contributed by atoms with Gasteiger partial charge in [0, 0.05) is 6.54 Å². The first-order valence-electron chi connectivity index (χ1n) is 7.01. The molecule has 18 heavy (non-hydrogen) atoms. The van der Waals surface area contributed by atoms with Crippen LogP contribution in [0.5, 0.6) is 0 Å². The molecule has 1 fully saturated rings. The fraction of sp³-hybridized carbons (Fsp3) is 0.929. The van der Waals surface area contributed by atoms with E-state index in [1.807, 2.05) is 6.92 Å². The van der Waals surface area contributed by atoms with Gasteiger partial charge in [-0.05, 0) is 51.2 Å². The molecule has 0 aromatic heterocycles. The molecule has 0 bridgehead atoms. The predicted molar refractivity (Wildman–Crippen MR) is 75.0 cm³/mol. The molecule has 1 unspecified atom stereocenters. The Balaban J connectivity index is 2.21. The van der Waals surface area contributed by atoms with E-state index in [2.05, 4.69) is 18.7 Å². The molecule has 1 amide bonds. The standard InChI is InChI=1S/C14H29N3O/c1-13(2,10-15)6-4-5-8-17-9-7-14(3,11-17)12(16)18/h4-11,15H2,1-3H3,(H2,16,18). The van der Waals surface area contributed by atoms with Gasteiger partial charge in [-0.15, -0.1) is 0 Å². The Kier molecular flexibility index (Phi) is 5.17. The molecule has 0 radical (unpaired) electrons. The summed E-state index contributed by atoms with van der Waals surface area (Å²) in [5, 5.41) is 0. The SMILES string of the molecule is CC(C)(CN)CCCCN1CCC(C)(C(N)=O)C1. The van der Waals surface area contributed by atoms with Gasteiger partial charge in [-0.1, -0.05) is 20.3 Å². The van der Waals surface area contributed by atoms with E-state index >= 15 is 0 Å². The molecule has 1 saturated heterocycles. The van der Waals surface area contributed by atoms with Crippen molar-refractivity contribution in [3.8, 4) is 0 Å². The van der Waals surface area contributed by atoms with Crippen LogP contribution in [0.3, 0.4) is 0 Å². The number of nitrogens with zero attached hydrogens (tertiary/aromatic N) is 1. The number of hydrogen-bond donors (Lipinski definition) is 2. The third kappa shape index (κ3) is 4.25. The predicted octanol–water partition coefficient (Wildman–Crippen LogP) is 1.34. The molecule has 0 aromatic carbocycles. The summed E-state index contributed by atoms with van der Waals surface area (Å²) in [7, 11) is 0. The van der Waals surface area contributed by atoms with Crippen LogP contribution in [0.1, 0.15) is 46.5 Å². The zero-order valence-electron chi connectivity index (χ0n) is 12.2. The molecule has 0 aromatic rings.